The number of hydrogen-bond donors (Lipinski definition) is 2. The molecule has 3 nitrogen and oxygen atoms in total. The van der Waals surface area contributed by atoms with E-state index in [0.29, 0.717) is 6.41 Å². The molecule has 0 aromatic heterocycles. The van der Waals surface area contributed by atoms with Gasteiger partial charge in [-0.3, -0.25) is 4.79 Å². The van der Waals surface area contributed by atoms with Crippen LogP contribution >= 0.6 is 0 Å². The van der Waals surface area contributed by atoms with Crippen LogP contribution in [0.4, 0.5) is 0 Å². The Hall–Kier alpha value is -0.570. The van der Waals surface area contributed by atoms with E-state index in [2.05, 4.69) is 5.32 Å². The zero-order valence-electron chi connectivity index (χ0n) is 5.21. The Morgan fingerprint density at radius 2 is 2.33 bits per heavy atom. The minimum absolute atomic E-state index is 0.192. The van der Waals surface area contributed by atoms with Crippen LogP contribution in [0.1, 0.15) is 19.3 Å². The molecule has 3 heteroatoms. The average Bonchev–Trinajstić information content (AvgIpc) is 2.17. The molecule has 0 aromatic rings. The molecule has 1 aliphatic carbocycles. The van der Waals surface area contributed by atoms with Crippen LogP contribution in [0.5, 0.6) is 0 Å². The fraction of sp³-hybridized carbons (Fsp3) is 0.833. The van der Waals surface area contributed by atoms with Gasteiger partial charge < -0.3 is 10.4 Å². The third-order valence-corrected chi connectivity index (χ3v) is 1.71. The summed E-state index contributed by atoms with van der Waals surface area (Å²) in [4.78, 5) is 9.87. The Labute approximate surface area is 54.1 Å². The van der Waals surface area contributed by atoms with E-state index in [1.165, 1.54) is 0 Å². The number of carbonyl (C=O) groups is 1. The van der Waals surface area contributed by atoms with Crippen molar-refractivity contribution in [3.05, 3.63) is 0 Å². The second kappa shape index (κ2) is 2.82. The Balaban J connectivity index is 2.21. The molecule has 0 aromatic carbocycles. The molecular formula is C6H11NO2. The van der Waals surface area contributed by atoms with Gasteiger partial charge in [-0.1, -0.05) is 0 Å². The van der Waals surface area contributed by atoms with E-state index >= 15 is 0 Å². The van der Waals surface area contributed by atoms with E-state index in [1.807, 2.05) is 0 Å². The molecule has 1 rings (SSSR count). The Kier molecular flexibility index (Phi) is 2.05. The first-order valence-corrected chi connectivity index (χ1v) is 3.20. The van der Waals surface area contributed by atoms with Crippen LogP contribution in [0.2, 0.25) is 0 Å². The largest absolute Gasteiger partial charge is 0.393 e. The van der Waals surface area contributed by atoms with Crippen LogP contribution in [0.25, 0.3) is 0 Å². The maximum atomic E-state index is 9.87. The molecule has 0 spiro atoms. The van der Waals surface area contributed by atoms with Crippen molar-refractivity contribution in [2.75, 3.05) is 0 Å². The predicted molar refractivity (Wildman–Crippen MR) is 32.8 cm³/mol. The molecule has 0 heterocycles. The molecule has 52 valence electrons. The van der Waals surface area contributed by atoms with Crippen molar-refractivity contribution in [3.8, 4) is 0 Å². The van der Waals surface area contributed by atoms with E-state index in [0.717, 1.165) is 19.3 Å². The van der Waals surface area contributed by atoms with Crippen molar-refractivity contribution >= 4 is 6.41 Å². The summed E-state index contributed by atoms with van der Waals surface area (Å²) < 4.78 is 0. The molecular weight excluding hydrogens is 118 g/mol. The maximum absolute atomic E-state index is 9.87. The van der Waals surface area contributed by atoms with Gasteiger partial charge in [-0.25, -0.2) is 0 Å². The minimum Gasteiger partial charge on any atom is -0.393 e. The fourth-order valence-electron chi connectivity index (χ4n) is 1.21. The summed E-state index contributed by atoms with van der Waals surface area (Å²) in [5.41, 5.74) is 0. The number of aliphatic hydroxyl groups is 1. The van der Waals surface area contributed by atoms with E-state index < -0.39 is 0 Å². The standard InChI is InChI=1S/C6H11NO2/c8-4-7-5-1-2-6(9)3-5/h4-6,9H,1-3H2,(H,7,8). The summed E-state index contributed by atoms with van der Waals surface area (Å²) in [6.07, 6.45) is 2.97. The van der Waals surface area contributed by atoms with Crippen LogP contribution in [0.3, 0.4) is 0 Å². The quantitative estimate of drug-likeness (QED) is 0.500. The molecule has 0 radical (unpaired) electrons. The molecule has 2 atom stereocenters. The van der Waals surface area contributed by atoms with Crippen LogP contribution in [-0.2, 0) is 4.79 Å². The molecule has 1 fully saturated rings. The first kappa shape index (κ1) is 6.55. The van der Waals surface area contributed by atoms with Gasteiger partial charge in [0, 0.05) is 6.04 Å². The lowest BCUT2D eigenvalue weighted by Gasteiger charge is -2.04. The van der Waals surface area contributed by atoms with Gasteiger partial charge in [0.05, 0.1) is 6.10 Å². The third-order valence-electron chi connectivity index (χ3n) is 1.71. The predicted octanol–water partition coefficient (Wildman–Crippen LogP) is -0.354. The van der Waals surface area contributed by atoms with Crippen molar-refractivity contribution in [3.63, 3.8) is 0 Å². The van der Waals surface area contributed by atoms with Gasteiger partial charge in [-0.05, 0) is 19.3 Å². The second-order valence-electron chi connectivity index (χ2n) is 2.45. The SMILES string of the molecule is O=CNC1CCC(O)C1. The first-order chi connectivity index (χ1) is 4.33. The number of rotatable bonds is 2. The Morgan fingerprint density at radius 3 is 2.78 bits per heavy atom. The lowest BCUT2D eigenvalue weighted by atomic mass is 10.2. The highest BCUT2D eigenvalue weighted by atomic mass is 16.3. The summed E-state index contributed by atoms with van der Waals surface area (Å²) in [7, 11) is 0. The van der Waals surface area contributed by atoms with Crippen LogP contribution in [0.15, 0.2) is 0 Å². The summed E-state index contributed by atoms with van der Waals surface area (Å²) in [6.45, 7) is 0. The van der Waals surface area contributed by atoms with E-state index in [-0.39, 0.29) is 12.1 Å². The monoisotopic (exact) mass is 129 g/mol. The van der Waals surface area contributed by atoms with Gasteiger partial charge >= 0.3 is 0 Å². The molecule has 2 unspecified atom stereocenters. The Bertz CT molecular complexity index is 105. The zero-order chi connectivity index (χ0) is 6.69. The van der Waals surface area contributed by atoms with E-state index in [1.54, 1.807) is 0 Å². The molecule has 9 heavy (non-hydrogen) atoms. The van der Waals surface area contributed by atoms with Crippen molar-refractivity contribution in [1.82, 2.24) is 5.32 Å². The molecule has 1 saturated carbocycles. The topological polar surface area (TPSA) is 49.3 Å². The lowest BCUT2D eigenvalue weighted by Crippen LogP contribution is -2.24. The maximum Gasteiger partial charge on any atom is 0.207 e. The van der Waals surface area contributed by atoms with Gasteiger partial charge in [0.2, 0.25) is 6.41 Å². The molecule has 0 saturated heterocycles. The number of carbonyl (C=O) groups excluding carboxylic acids is 1. The van der Waals surface area contributed by atoms with Crippen molar-refractivity contribution in [2.45, 2.75) is 31.4 Å². The number of hydrogen-bond acceptors (Lipinski definition) is 2. The highest BCUT2D eigenvalue weighted by Gasteiger charge is 2.21. The van der Waals surface area contributed by atoms with Crippen LogP contribution in [-0.4, -0.2) is 23.7 Å². The molecule has 2 N–H and O–H groups in total. The Morgan fingerprint density at radius 1 is 1.56 bits per heavy atom. The molecule has 1 amide bonds. The first-order valence-electron chi connectivity index (χ1n) is 3.20. The van der Waals surface area contributed by atoms with Gasteiger partial charge in [-0.15, -0.1) is 0 Å². The fourth-order valence-corrected chi connectivity index (χ4v) is 1.21. The number of aliphatic hydroxyl groups excluding tert-OH is 1. The summed E-state index contributed by atoms with van der Waals surface area (Å²) in [5, 5.41) is 11.6. The second-order valence-corrected chi connectivity index (χ2v) is 2.45. The van der Waals surface area contributed by atoms with E-state index in [4.69, 9.17) is 5.11 Å². The molecule has 1 aliphatic rings. The van der Waals surface area contributed by atoms with Crippen molar-refractivity contribution < 1.29 is 9.90 Å². The van der Waals surface area contributed by atoms with Crippen molar-refractivity contribution in [1.29, 1.82) is 0 Å². The van der Waals surface area contributed by atoms with Crippen molar-refractivity contribution in [2.24, 2.45) is 0 Å². The highest BCUT2D eigenvalue weighted by Crippen LogP contribution is 2.17. The average molecular weight is 129 g/mol. The zero-order valence-corrected chi connectivity index (χ0v) is 5.21. The van der Waals surface area contributed by atoms with Gasteiger partial charge in [0.1, 0.15) is 0 Å². The van der Waals surface area contributed by atoms with Gasteiger partial charge in [0.15, 0.2) is 0 Å². The number of amides is 1. The third kappa shape index (κ3) is 1.68. The number of nitrogens with one attached hydrogen (secondary N) is 1. The van der Waals surface area contributed by atoms with Crippen LogP contribution < -0.4 is 5.32 Å². The molecule has 0 aliphatic heterocycles. The normalized spacial score (nSPS) is 34.3. The molecule has 0 bridgehead atoms. The van der Waals surface area contributed by atoms with Gasteiger partial charge in [-0.2, -0.15) is 0 Å². The summed E-state index contributed by atoms with van der Waals surface area (Å²) >= 11 is 0. The minimum atomic E-state index is -0.192. The van der Waals surface area contributed by atoms with Gasteiger partial charge in [0.25, 0.3) is 0 Å². The van der Waals surface area contributed by atoms with E-state index in [9.17, 15) is 4.79 Å². The summed E-state index contributed by atoms with van der Waals surface area (Å²) in [6, 6.07) is 0.220. The van der Waals surface area contributed by atoms with Crippen LogP contribution in [0, 0.1) is 0 Å². The smallest absolute Gasteiger partial charge is 0.207 e. The highest BCUT2D eigenvalue weighted by molar-refractivity contribution is 5.46. The summed E-state index contributed by atoms with van der Waals surface area (Å²) in [5.74, 6) is 0. The lowest BCUT2D eigenvalue weighted by molar-refractivity contribution is -0.110.